The minimum atomic E-state index is 0.0340. The summed E-state index contributed by atoms with van der Waals surface area (Å²) >= 11 is 0. The molecule has 1 aliphatic heterocycles. The second-order valence-electron chi connectivity index (χ2n) is 3.45. The highest BCUT2D eigenvalue weighted by Gasteiger charge is 2.21. The maximum Gasteiger partial charge on any atom is 0.244 e. The maximum absolute atomic E-state index is 11.3. The lowest BCUT2D eigenvalue weighted by Crippen LogP contribution is -2.38. The smallest absolute Gasteiger partial charge is 0.244 e. The molecule has 0 fully saturated rings. The van der Waals surface area contributed by atoms with Crippen molar-refractivity contribution in [3.63, 3.8) is 0 Å². The number of carbonyl (C=O) groups is 1. The van der Waals surface area contributed by atoms with E-state index in [1.165, 1.54) is 0 Å². The summed E-state index contributed by atoms with van der Waals surface area (Å²) in [6, 6.07) is 1.95. The van der Waals surface area contributed by atoms with Gasteiger partial charge in [-0.15, -0.1) is 0 Å². The number of nitrogens with one attached hydrogen (secondary N) is 1. The third kappa shape index (κ3) is 1.43. The third-order valence-corrected chi connectivity index (χ3v) is 2.29. The highest BCUT2D eigenvalue weighted by Crippen LogP contribution is 2.26. The molecule has 0 saturated carbocycles. The number of hydrogen-bond donors (Lipinski definition) is 1. The topological polar surface area (TPSA) is 45.2 Å². The number of anilines is 2. The summed E-state index contributed by atoms with van der Waals surface area (Å²) in [4.78, 5) is 17.6. The molecule has 1 aromatic rings. The van der Waals surface area contributed by atoms with Crippen molar-refractivity contribution in [1.82, 2.24) is 4.98 Å². The fourth-order valence-corrected chi connectivity index (χ4v) is 1.61. The van der Waals surface area contributed by atoms with Crippen LogP contribution >= 0.6 is 0 Å². The van der Waals surface area contributed by atoms with E-state index in [4.69, 9.17) is 0 Å². The van der Waals surface area contributed by atoms with E-state index in [0.29, 0.717) is 6.54 Å². The lowest BCUT2D eigenvalue weighted by molar-refractivity contribution is -0.115. The molecular weight excluding hydrogens is 178 g/mol. The first-order chi connectivity index (χ1) is 6.70. The minimum absolute atomic E-state index is 0.0340. The van der Waals surface area contributed by atoms with Crippen LogP contribution in [0.5, 0.6) is 0 Å². The van der Waals surface area contributed by atoms with Crippen LogP contribution in [-0.2, 0) is 4.79 Å². The summed E-state index contributed by atoms with van der Waals surface area (Å²) in [7, 11) is 0. The number of hydrogen-bond acceptors (Lipinski definition) is 3. The Morgan fingerprint density at radius 2 is 2.43 bits per heavy atom. The molecule has 0 spiro atoms. The molecular formula is C10H13N3O. The molecule has 74 valence electrons. The zero-order chi connectivity index (χ0) is 10.1. The van der Waals surface area contributed by atoms with Crippen molar-refractivity contribution in [3.05, 3.63) is 17.8 Å². The largest absolute Gasteiger partial charge is 0.346 e. The fraction of sp³-hybridized carbons (Fsp3) is 0.400. The van der Waals surface area contributed by atoms with Crippen molar-refractivity contribution in [2.75, 3.05) is 23.3 Å². The Balaban J connectivity index is 2.45. The van der Waals surface area contributed by atoms with E-state index in [2.05, 4.69) is 10.3 Å². The summed E-state index contributed by atoms with van der Waals surface area (Å²) in [6.45, 7) is 5.18. The standard InChI is InChI=1S/C10H13N3O/c1-3-13-6-9(14)12-8-4-7(2)5-11-10(8)13/h4-5H,3,6H2,1-2H3,(H,12,14). The first-order valence-corrected chi connectivity index (χ1v) is 4.72. The SMILES string of the molecule is CCN1CC(=O)Nc2cc(C)cnc21. The minimum Gasteiger partial charge on any atom is -0.346 e. The number of aryl methyl sites for hydroxylation is 1. The van der Waals surface area contributed by atoms with E-state index < -0.39 is 0 Å². The van der Waals surface area contributed by atoms with Gasteiger partial charge in [-0.2, -0.15) is 0 Å². The maximum atomic E-state index is 11.3. The molecule has 1 aliphatic rings. The van der Waals surface area contributed by atoms with Gasteiger partial charge in [-0.1, -0.05) is 0 Å². The molecule has 0 radical (unpaired) electrons. The first-order valence-electron chi connectivity index (χ1n) is 4.72. The van der Waals surface area contributed by atoms with Crippen LogP contribution in [-0.4, -0.2) is 24.0 Å². The Hall–Kier alpha value is -1.58. The van der Waals surface area contributed by atoms with E-state index in [-0.39, 0.29) is 5.91 Å². The van der Waals surface area contributed by atoms with Crippen molar-refractivity contribution in [3.8, 4) is 0 Å². The number of rotatable bonds is 1. The monoisotopic (exact) mass is 191 g/mol. The number of carbonyl (C=O) groups excluding carboxylic acids is 1. The number of aromatic nitrogens is 1. The molecule has 0 saturated heterocycles. The van der Waals surface area contributed by atoms with Crippen LogP contribution in [0.4, 0.5) is 11.5 Å². The highest BCUT2D eigenvalue weighted by molar-refractivity contribution is 6.00. The van der Waals surface area contributed by atoms with Crippen molar-refractivity contribution in [2.45, 2.75) is 13.8 Å². The van der Waals surface area contributed by atoms with Crippen LogP contribution in [0.25, 0.3) is 0 Å². The van der Waals surface area contributed by atoms with E-state index in [1.807, 2.05) is 31.0 Å². The van der Waals surface area contributed by atoms with Gasteiger partial charge in [-0.25, -0.2) is 4.98 Å². The van der Waals surface area contributed by atoms with Gasteiger partial charge in [0.05, 0.1) is 12.2 Å². The molecule has 2 heterocycles. The Morgan fingerprint density at radius 3 is 3.14 bits per heavy atom. The zero-order valence-corrected chi connectivity index (χ0v) is 8.37. The molecule has 0 bridgehead atoms. The van der Waals surface area contributed by atoms with Gasteiger partial charge in [0.15, 0.2) is 5.82 Å². The zero-order valence-electron chi connectivity index (χ0n) is 8.37. The van der Waals surface area contributed by atoms with Crippen LogP contribution in [0.1, 0.15) is 12.5 Å². The van der Waals surface area contributed by atoms with Gasteiger partial charge in [-0.3, -0.25) is 4.79 Å². The molecule has 0 aliphatic carbocycles. The van der Waals surface area contributed by atoms with Crippen LogP contribution in [0.15, 0.2) is 12.3 Å². The quantitative estimate of drug-likeness (QED) is 0.724. The Kier molecular flexibility index (Phi) is 2.11. The lowest BCUT2D eigenvalue weighted by Gasteiger charge is -2.28. The summed E-state index contributed by atoms with van der Waals surface area (Å²) in [5.74, 6) is 0.907. The molecule has 1 aromatic heterocycles. The average molecular weight is 191 g/mol. The molecule has 1 amide bonds. The van der Waals surface area contributed by atoms with E-state index in [1.54, 1.807) is 0 Å². The molecule has 0 aromatic carbocycles. The summed E-state index contributed by atoms with van der Waals surface area (Å²) < 4.78 is 0. The Bertz CT molecular complexity index is 376. The van der Waals surface area contributed by atoms with Gasteiger partial charge in [0.2, 0.25) is 5.91 Å². The highest BCUT2D eigenvalue weighted by atomic mass is 16.2. The van der Waals surface area contributed by atoms with Gasteiger partial charge < -0.3 is 10.2 Å². The van der Waals surface area contributed by atoms with E-state index in [9.17, 15) is 4.79 Å². The van der Waals surface area contributed by atoms with Crippen molar-refractivity contribution < 1.29 is 4.79 Å². The normalized spacial score (nSPS) is 15.0. The molecule has 4 nitrogen and oxygen atoms in total. The number of likely N-dealkylation sites (N-methyl/N-ethyl adjacent to an activating group) is 1. The summed E-state index contributed by atoms with van der Waals surface area (Å²) in [6.07, 6.45) is 1.82. The van der Waals surface area contributed by atoms with Crippen LogP contribution < -0.4 is 10.2 Å². The van der Waals surface area contributed by atoms with Crippen molar-refractivity contribution >= 4 is 17.4 Å². The average Bonchev–Trinajstić information content (AvgIpc) is 2.15. The van der Waals surface area contributed by atoms with Gasteiger partial charge in [0.1, 0.15) is 0 Å². The molecule has 4 heteroatoms. The van der Waals surface area contributed by atoms with Crippen molar-refractivity contribution in [1.29, 1.82) is 0 Å². The summed E-state index contributed by atoms with van der Waals surface area (Å²) in [5.41, 5.74) is 1.88. The van der Waals surface area contributed by atoms with E-state index in [0.717, 1.165) is 23.6 Å². The Labute approximate surface area is 82.9 Å². The van der Waals surface area contributed by atoms with Gasteiger partial charge in [0.25, 0.3) is 0 Å². The number of pyridine rings is 1. The molecule has 2 rings (SSSR count). The van der Waals surface area contributed by atoms with Crippen LogP contribution in [0, 0.1) is 6.92 Å². The Morgan fingerprint density at radius 1 is 1.64 bits per heavy atom. The molecule has 1 N–H and O–H groups in total. The van der Waals surface area contributed by atoms with Crippen molar-refractivity contribution in [2.24, 2.45) is 0 Å². The van der Waals surface area contributed by atoms with E-state index >= 15 is 0 Å². The number of amides is 1. The lowest BCUT2D eigenvalue weighted by atomic mass is 10.2. The second kappa shape index (κ2) is 3.29. The second-order valence-corrected chi connectivity index (χ2v) is 3.45. The molecule has 0 atom stereocenters. The number of fused-ring (bicyclic) bond motifs is 1. The predicted molar refractivity (Wildman–Crippen MR) is 55.5 cm³/mol. The summed E-state index contributed by atoms with van der Waals surface area (Å²) in [5, 5.41) is 2.82. The first kappa shape index (κ1) is 8.99. The number of nitrogens with zero attached hydrogens (tertiary/aromatic N) is 2. The molecule has 0 unspecified atom stereocenters. The van der Waals surface area contributed by atoms with Crippen LogP contribution in [0.2, 0.25) is 0 Å². The van der Waals surface area contributed by atoms with Crippen LogP contribution in [0.3, 0.4) is 0 Å². The predicted octanol–water partition coefficient (Wildman–Crippen LogP) is 1.17. The third-order valence-electron chi connectivity index (χ3n) is 2.29. The van der Waals surface area contributed by atoms with Gasteiger partial charge >= 0.3 is 0 Å². The van der Waals surface area contributed by atoms with Gasteiger partial charge in [0, 0.05) is 12.7 Å². The molecule has 14 heavy (non-hydrogen) atoms. The van der Waals surface area contributed by atoms with Gasteiger partial charge in [-0.05, 0) is 25.5 Å². The fourth-order valence-electron chi connectivity index (χ4n) is 1.61.